The van der Waals surface area contributed by atoms with E-state index in [1.807, 2.05) is 26.8 Å². The van der Waals surface area contributed by atoms with Crippen molar-refractivity contribution in [2.24, 2.45) is 0 Å². The summed E-state index contributed by atoms with van der Waals surface area (Å²) < 4.78 is 26.1. The van der Waals surface area contributed by atoms with Crippen LogP contribution in [0.25, 0.3) is 0 Å². The lowest BCUT2D eigenvalue weighted by atomic mass is 10.1. The van der Waals surface area contributed by atoms with Gasteiger partial charge < -0.3 is 10.2 Å². The number of aryl methyl sites for hydroxylation is 1. The molecule has 0 unspecified atom stereocenters. The van der Waals surface area contributed by atoms with Crippen LogP contribution in [-0.4, -0.2) is 50.0 Å². The third-order valence-corrected chi connectivity index (χ3v) is 6.78. The van der Waals surface area contributed by atoms with Gasteiger partial charge in [-0.15, -0.1) is 0 Å². The molecule has 1 N–H and O–H groups in total. The first-order chi connectivity index (χ1) is 15.3. The van der Waals surface area contributed by atoms with Crippen LogP contribution in [0.15, 0.2) is 42.5 Å². The molecule has 0 saturated heterocycles. The maximum Gasteiger partial charge on any atom is 0.244 e. The number of carbonyl (C=O) groups excluding carboxylic acids is 2. The molecule has 0 spiro atoms. The number of hydrogen-bond acceptors (Lipinski definition) is 4. The van der Waals surface area contributed by atoms with Gasteiger partial charge in [-0.05, 0) is 63.1 Å². The van der Waals surface area contributed by atoms with Crippen molar-refractivity contribution in [1.82, 2.24) is 10.2 Å². The Morgan fingerprint density at radius 3 is 2.24 bits per heavy atom. The van der Waals surface area contributed by atoms with E-state index in [1.54, 1.807) is 43.3 Å². The van der Waals surface area contributed by atoms with Crippen LogP contribution in [0.3, 0.4) is 0 Å². The molecule has 2 aromatic rings. The fourth-order valence-electron chi connectivity index (χ4n) is 3.22. The van der Waals surface area contributed by atoms with Gasteiger partial charge in [0.15, 0.2) is 0 Å². The molecule has 0 aliphatic rings. The number of benzene rings is 2. The monoisotopic (exact) mass is 513 g/mol. The number of anilines is 1. The molecule has 0 aromatic heterocycles. The van der Waals surface area contributed by atoms with Crippen LogP contribution in [0.2, 0.25) is 10.0 Å². The van der Waals surface area contributed by atoms with E-state index >= 15 is 0 Å². The second-order valence-electron chi connectivity index (χ2n) is 8.22. The van der Waals surface area contributed by atoms with Crippen molar-refractivity contribution in [3.8, 4) is 0 Å². The molecule has 7 nitrogen and oxygen atoms in total. The number of amides is 2. The molecule has 0 aliphatic carbocycles. The number of nitrogens with zero attached hydrogens (tertiary/aromatic N) is 2. The molecule has 180 valence electrons. The second kappa shape index (κ2) is 11.2. The predicted octanol–water partition coefficient (Wildman–Crippen LogP) is 4.01. The summed E-state index contributed by atoms with van der Waals surface area (Å²) in [5, 5.41) is 3.48. The predicted molar refractivity (Wildman–Crippen MR) is 133 cm³/mol. The summed E-state index contributed by atoms with van der Waals surface area (Å²) >= 11 is 12.1. The SMILES string of the molecule is Cc1cccc(N(CC(=O)N(Cc2ccc(Cl)c(Cl)c2)[C@H](C)C(=O)NC(C)C)S(C)(=O)=O)c1. The topological polar surface area (TPSA) is 86.8 Å². The van der Waals surface area contributed by atoms with Crippen molar-refractivity contribution in [2.75, 3.05) is 17.1 Å². The van der Waals surface area contributed by atoms with Crippen molar-refractivity contribution in [2.45, 2.75) is 46.3 Å². The van der Waals surface area contributed by atoms with Crippen LogP contribution in [0.5, 0.6) is 0 Å². The maximum atomic E-state index is 13.4. The van der Waals surface area contributed by atoms with Gasteiger partial charge in [-0.1, -0.05) is 41.4 Å². The van der Waals surface area contributed by atoms with Crippen molar-refractivity contribution >= 4 is 50.7 Å². The first-order valence-corrected chi connectivity index (χ1v) is 13.0. The Balaban J connectivity index is 2.41. The molecule has 2 rings (SSSR count). The smallest absolute Gasteiger partial charge is 0.244 e. The Kier molecular flexibility index (Phi) is 9.17. The zero-order valence-corrected chi connectivity index (χ0v) is 21.6. The van der Waals surface area contributed by atoms with E-state index in [-0.39, 0.29) is 18.5 Å². The van der Waals surface area contributed by atoms with Crippen LogP contribution in [0.4, 0.5) is 5.69 Å². The van der Waals surface area contributed by atoms with E-state index in [4.69, 9.17) is 23.2 Å². The lowest BCUT2D eigenvalue weighted by Gasteiger charge is -2.32. The average Bonchev–Trinajstić information content (AvgIpc) is 2.70. The summed E-state index contributed by atoms with van der Waals surface area (Å²) in [6.07, 6.45) is 1.04. The third-order valence-electron chi connectivity index (χ3n) is 4.90. The molecule has 0 aliphatic heterocycles. The van der Waals surface area contributed by atoms with Crippen LogP contribution in [0, 0.1) is 6.92 Å². The summed E-state index contributed by atoms with van der Waals surface area (Å²) in [6.45, 7) is 6.67. The van der Waals surface area contributed by atoms with E-state index in [9.17, 15) is 18.0 Å². The van der Waals surface area contributed by atoms with Crippen molar-refractivity contribution in [1.29, 1.82) is 0 Å². The minimum atomic E-state index is -3.77. The number of rotatable bonds is 9. The Morgan fingerprint density at radius 1 is 1.03 bits per heavy atom. The van der Waals surface area contributed by atoms with Crippen LogP contribution >= 0.6 is 23.2 Å². The summed E-state index contributed by atoms with van der Waals surface area (Å²) in [5.41, 5.74) is 1.88. The summed E-state index contributed by atoms with van der Waals surface area (Å²) in [5.74, 6) is -0.876. The molecule has 2 amide bonds. The molecule has 10 heteroatoms. The van der Waals surface area contributed by atoms with E-state index < -0.39 is 28.5 Å². The summed E-state index contributed by atoms with van der Waals surface area (Å²) in [4.78, 5) is 27.5. The van der Waals surface area contributed by atoms with E-state index in [2.05, 4.69) is 5.32 Å². The average molecular weight is 514 g/mol. The molecular formula is C23H29Cl2N3O4S. The quantitative estimate of drug-likeness (QED) is 0.548. The lowest BCUT2D eigenvalue weighted by molar-refractivity contribution is -0.139. The van der Waals surface area contributed by atoms with Gasteiger partial charge in [0.25, 0.3) is 0 Å². The molecule has 0 heterocycles. The van der Waals surface area contributed by atoms with E-state index in [0.29, 0.717) is 21.3 Å². The number of halogens is 2. The highest BCUT2D eigenvalue weighted by Crippen LogP contribution is 2.24. The van der Waals surface area contributed by atoms with Gasteiger partial charge in [-0.3, -0.25) is 13.9 Å². The van der Waals surface area contributed by atoms with Crippen LogP contribution < -0.4 is 9.62 Å². The molecule has 0 bridgehead atoms. The number of hydrogen-bond donors (Lipinski definition) is 1. The molecular weight excluding hydrogens is 485 g/mol. The Bertz CT molecular complexity index is 1120. The molecule has 2 aromatic carbocycles. The van der Waals surface area contributed by atoms with Crippen molar-refractivity contribution < 1.29 is 18.0 Å². The number of sulfonamides is 1. The molecule has 0 fully saturated rings. The minimum absolute atomic E-state index is 0.0494. The van der Waals surface area contributed by atoms with Gasteiger partial charge >= 0.3 is 0 Å². The normalized spacial score (nSPS) is 12.4. The highest BCUT2D eigenvalue weighted by molar-refractivity contribution is 7.92. The second-order valence-corrected chi connectivity index (χ2v) is 10.9. The zero-order chi connectivity index (χ0) is 24.9. The molecule has 0 saturated carbocycles. The Morgan fingerprint density at radius 2 is 1.70 bits per heavy atom. The van der Waals surface area contributed by atoms with Gasteiger partial charge in [-0.2, -0.15) is 0 Å². The van der Waals surface area contributed by atoms with Crippen molar-refractivity contribution in [3.63, 3.8) is 0 Å². The van der Waals surface area contributed by atoms with Crippen LogP contribution in [0.1, 0.15) is 31.9 Å². The number of nitrogens with one attached hydrogen (secondary N) is 1. The first kappa shape index (κ1) is 27.0. The highest BCUT2D eigenvalue weighted by Gasteiger charge is 2.30. The summed E-state index contributed by atoms with van der Waals surface area (Å²) in [6, 6.07) is 10.8. The van der Waals surface area contributed by atoms with Crippen molar-refractivity contribution in [3.05, 3.63) is 63.6 Å². The fraction of sp³-hybridized carbons (Fsp3) is 0.391. The Labute approximate surface area is 205 Å². The molecule has 33 heavy (non-hydrogen) atoms. The first-order valence-electron chi connectivity index (χ1n) is 10.4. The minimum Gasteiger partial charge on any atom is -0.352 e. The Hall–Kier alpha value is -2.29. The molecule has 1 atom stereocenters. The van der Waals surface area contributed by atoms with Gasteiger partial charge in [0, 0.05) is 12.6 Å². The van der Waals surface area contributed by atoms with E-state index in [0.717, 1.165) is 16.1 Å². The van der Waals surface area contributed by atoms with E-state index in [1.165, 1.54) is 4.90 Å². The fourth-order valence-corrected chi connectivity index (χ4v) is 4.38. The van der Waals surface area contributed by atoms with Gasteiger partial charge in [0.2, 0.25) is 21.8 Å². The van der Waals surface area contributed by atoms with Gasteiger partial charge in [-0.25, -0.2) is 8.42 Å². The third kappa shape index (κ3) is 7.62. The summed E-state index contributed by atoms with van der Waals surface area (Å²) in [7, 11) is -3.77. The number of carbonyl (C=O) groups is 2. The zero-order valence-electron chi connectivity index (χ0n) is 19.3. The van der Waals surface area contributed by atoms with Gasteiger partial charge in [0.1, 0.15) is 12.6 Å². The lowest BCUT2D eigenvalue weighted by Crippen LogP contribution is -2.52. The standard InChI is InChI=1S/C23H29Cl2N3O4S/c1-15(2)26-23(30)17(4)27(13-18-9-10-20(24)21(25)12-18)22(29)14-28(33(5,31)32)19-8-6-7-16(3)11-19/h6-12,15,17H,13-14H2,1-5H3,(H,26,30)/t17-/m1/s1. The molecule has 0 radical (unpaired) electrons. The maximum absolute atomic E-state index is 13.4. The highest BCUT2D eigenvalue weighted by atomic mass is 35.5. The van der Waals surface area contributed by atoms with Gasteiger partial charge in [0.05, 0.1) is 22.0 Å². The van der Waals surface area contributed by atoms with Crippen LogP contribution in [-0.2, 0) is 26.2 Å². The largest absolute Gasteiger partial charge is 0.352 e.